The van der Waals surface area contributed by atoms with E-state index in [2.05, 4.69) is 6.92 Å². The van der Waals surface area contributed by atoms with Crippen molar-refractivity contribution in [2.45, 2.75) is 58.4 Å². The number of hydrogen-bond acceptors (Lipinski definition) is 2. The van der Waals surface area contributed by atoms with Crippen LogP contribution in [-0.2, 0) is 16.8 Å². The van der Waals surface area contributed by atoms with Crippen LogP contribution < -0.4 is 17.0 Å². The van der Waals surface area contributed by atoms with Crippen molar-refractivity contribution in [3.8, 4) is 0 Å². The van der Waals surface area contributed by atoms with Gasteiger partial charge in [-0.05, 0) is 12.8 Å². The Morgan fingerprint density at radius 2 is 1.62 bits per heavy atom. The summed E-state index contributed by atoms with van der Waals surface area (Å²) >= 11 is 0. The topological polar surface area (TPSA) is 46.2 Å². The maximum atomic E-state index is 11.9. The molecule has 1 aromatic rings. The molecule has 5 nitrogen and oxygen atoms in total. The molecule has 0 unspecified atom stereocenters. The van der Waals surface area contributed by atoms with E-state index in [9.17, 15) is 8.42 Å². The van der Waals surface area contributed by atoms with Crippen molar-refractivity contribution >= 4 is 10.2 Å². The minimum absolute atomic E-state index is 0. The number of unbranched alkanes of at least 4 members (excludes halogenated alkanes) is 6. The second kappa shape index (κ2) is 10.2. The molecule has 0 aliphatic heterocycles. The zero-order valence-electron chi connectivity index (χ0n) is 13.3. The van der Waals surface area contributed by atoms with Crippen LogP contribution in [0.25, 0.3) is 0 Å². The molecule has 0 atom stereocenters. The Kier molecular flexibility index (Phi) is 9.90. The lowest BCUT2D eigenvalue weighted by Gasteiger charge is -2.05. The molecule has 0 aliphatic carbocycles. The van der Waals surface area contributed by atoms with Gasteiger partial charge < -0.3 is 12.4 Å². The summed E-state index contributed by atoms with van der Waals surface area (Å²) < 4.78 is 28.2. The Morgan fingerprint density at radius 1 is 1.05 bits per heavy atom. The summed E-state index contributed by atoms with van der Waals surface area (Å²) in [5, 5.41) is 0. The Labute approximate surface area is 135 Å². The average molecular weight is 338 g/mol. The monoisotopic (exact) mass is 337 g/mol. The van der Waals surface area contributed by atoms with Gasteiger partial charge in [-0.15, -0.1) is 3.97 Å². The number of hydrogen-bond donors (Lipinski definition) is 0. The summed E-state index contributed by atoms with van der Waals surface area (Å²) in [7, 11) is -0.297. The van der Waals surface area contributed by atoms with Crippen molar-refractivity contribution in [3.63, 3.8) is 0 Å². The van der Waals surface area contributed by atoms with E-state index in [4.69, 9.17) is 0 Å². The van der Waals surface area contributed by atoms with Crippen LogP contribution in [0.3, 0.4) is 0 Å². The molecule has 0 saturated carbocycles. The highest BCUT2D eigenvalue weighted by atomic mass is 35.5. The van der Waals surface area contributed by atoms with Crippen LogP contribution >= 0.6 is 0 Å². The molecule has 1 heterocycles. The van der Waals surface area contributed by atoms with E-state index in [1.165, 1.54) is 60.9 Å². The lowest BCUT2D eigenvalue weighted by atomic mass is 10.1. The molecule has 0 aliphatic rings. The molecule has 124 valence electrons. The molecule has 7 heteroatoms. The second-order valence-electron chi connectivity index (χ2n) is 5.39. The van der Waals surface area contributed by atoms with Crippen LogP contribution in [0.4, 0.5) is 0 Å². The number of halogens is 1. The van der Waals surface area contributed by atoms with E-state index >= 15 is 0 Å². The van der Waals surface area contributed by atoms with Crippen LogP contribution in [0.15, 0.2) is 18.7 Å². The predicted molar refractivity (Wildman–Crippen MR) is 80.6 cm³/mol. The number of aromatic nitrogens is 2. The van der Waals surface area contributed by atoms with Gasteiger partial charge >= 0.3 is 10.2 Å². The van der Waals surface area contributed by atoms with Crippen LogP contribution in [0.2, 0.25) is 0 Å². The van der Waals surface area contributed by atoms with E-state index in [0.717, 1.165) is 13.0 Å². The van der Waals surface area contributed by atoms with Crippen LogP contribution in [0.1, 0.15) is 51.9 Å². The molecule has 0 spiro atoms. The molecule has 0 radical (unpaired) electrons. The highest BCUT2D eigenvalue weighted by Crippen LogP contribution is 2.06. The first-order chi connectivity index (χ1) is 9.48. The van der Waals surface area contributed by atoms with Gasteiger partial charge in [0.15, 0.2) is 0 Å². The summed E-state index contributed by atoms with van der Waals surface area (Å²) in [6.45, 7) is 3.10. The van der Waals surface area contributed by atoms with Gasteiger partial charge in [-0.25, -0.2) is 4.57 Å². The summed E-state index contributed by atoms with van der Waals surface area (Å²) in [6, 6.07) is 0. The highest BCUT2D eigenvalue weighted by molar-refractivity contribution is 7.87. The summed E-state index contributed by atoms with van der Waals surface area (Å²) in [6.07, 6.45) is 13.9. The van der Waals surface area contributed by atoms with Crippen molar-refractivity contribution in [2.24, 2.45) is 0 Å². The zero-order valence-corrected chi connectivity index (χ0v) is 14.9. The lowest BCUT2D eigenvalue weighted by Crippen LogP contribution is -3.00. The first-order valence-electron chi connectivity index (χ1n) is 7.48. The average Bonchev–Trinajstić information content (AvgIpc) is 2.87. The van der Waals surface area contributed by atoms with Gasteiger partial charge in [-0.2, -0.15) is 12.7 Å². The van der Waals surface area contributed by atoms with E-state index < -0.39 is 10.2 Å². The number of nitrogens with zero attached hydrogens (tertiary/aromatic N) is 3. The van der Waals surface area contributed by atoms with Gasteiger partial charge in [-0.3, -0.25) is 0 Å². The Hall–Kier alpha value is -0.590. The van der Waals surface area contributed by atoms with Crippen LogP contribution in [0.5, 0.6) is 0 Å². The first kappa shape index (κ1) is 20.4. The van der Waals surface area contributed by atoms with Gasteiger partial charge in [-0.1, -0.05) is 39.0 Å². The fourth-order valence-electron chi connectivity index (χ4n) is 2.08. The molecular weight excluding hydrogens is 310 g/mol. The van der Waals surface area contributed by atoms with Gasteiger partial charge in [0.25, 0.3) is 6.33 Å². The van der Waals surface area contributed by atoms with E-state index in [0.29, 0.717) is 0 Å². The Balaban J connectivity index is 0.00000400. The normalized spacial score (nSPS) is 11.6. The molecule has 1 rings (SSSR count). The number of imidazole rings is 1. The van der Waals surface area contributed by atoms with E-state index in [1.807, 2.05) is 10.8 Å². The van der Waals surface area contributed by atoms with Crippen molar-refractivity contribution in [3.05, 3.63) is 18.7 Å². The third kappa shape index (κ3) is 6.80. The van der Waals surface area contributed by atoms with E-state index in [1.54, 1.807) is 12.5 Å². The van der Waals surface area contributed by atoms with Gasteiger partial charge in [0.1, 0.15) is 12.4 Å². The van der Waals surface area contributed by atoms with Gasteiger partial charge in [0.2, 0.25) is 0 Å². The quantitative estimate of drug-likeness (QED) is 0.414. The zero-order chi connectivity index (χ0) is 15.0. The third-order valence-electron chi connectivity index (χ3n) is 3.41. The standard InChI is InChI=1S/C14H28N3O2S.ClH/c1-4-5-6-7-8-9-10-11-16-12-13-17(14-16)20(18,19)15(2)3;/h12-14H,4-11H2,1-3H3;1H/q+1;/p-1. The molecule has 0 aromatic carbocycles. The molecular formula is C14H28ClN3O2S. The lowest BCUT2D eigenvalue weighted by molar-refractivity contribution is -0.696. The molecule has 0 saturated heterocycles. The molecule has 0 N–H and O–H groups in total. The van der Waals surface area contributed by atoms with Crippen molar-refractivity contribution < 1.29 is 25.4 Å². The van der Waals surface area contributed by atoms with Crippen LogP contribution in [-0.4, -0.2) is 30.8 Å². The summed E-state index contributed by atoms with van der Waals surface area (Å²) in [5.74, 6) is 0. The highest BCUT2D eigenvalue weighted by Gasteiger charge is 2.22. The van der Waals surface area contributed by atoms with Crippen molar-refractivity contribution in [1.29, 1.82) is 0 Å². The Bertz CT molecular complexity index is 486. The van der Waals surface area contributed by atoms with Crippen molar-refractivity contribution in [2.75, 3.05) is 14.1 Å². The van der Waals surface area contributed by atoms with E-state index in [-0.39, 0.29) is 12.4 Å². The molecule has 0 fully saturated rings. The third-order valence-corrected chi connectivity index (χ3v) is 5.09. The maximum absolute atomic E-state index is 11.9. The molecule has 1 aromatic heterocycles. The molecule has 0 amide bonds. The minimum atomic E-state index is -3.37. The van der Waals surface area contributed by atoms with Crippen LogP contribution in [0, 0.1) is 0 Å². The second-order valence-corrected chi connectivity index (χ2v) is 7.44. The predicted octanol–water partition coefficient (Wildman–Crippen LogP) is -0.815. The minimum Gasteiger partial charge on any atom is -1.00 e. The fourth-order valence-corrected chi connectivity index (χ4v) is 2.91. The van der Waals surface area contributed by atoms with Gasteiger partial charge in [0.05, 0.1) is 6.54 Å². The molecule has 0 bridgehead atoms. The fraction of sp³-hybridized carbons (Fsp3) is 0.786. The number of aryl methyl sites for hydroxylation is 1. The largest absolute Gasteiger partial charge is 1.00 e. The smallest absolute Gasteiger partial charge is 0.379 e. The summed E-state index contributed by atoms with van der Waals surface area (Å²) in [5.41, 5.74) is 0. The Morgan fingerprint density at radius 3 is 2.19 bits per heavy atom. The maximum Gasteiger partial charge on any atom is 0.379 e. The molecule has 21 heavy (non-hydrogen) atoms. The van der Waals surface area contributed by atoms with Gasteiger partial charge in [0, 0.05) is 14.1 Å². The van der Waals surface area contributed by atoms with Crippen molar-refractivity contribution in [1.82, 2.24) is 8.28 Å². The number of rotatable bonds is 10. The summed E-state index contributed by atoms with van der Waals surface area (Å²) in [4.78, 5) is 0. The SMILES string of the molecule is CCCCCCCCC[n+]1ccn(S(=O)(=O)N(C)C)c1.[Cl-]. The first-order valence-corrected chi connectivity index (χ1v) is 8.88.